The average molecular weight is 235 g/mol. The van der Waals surface area contributed by atoms with Crippen LogP contribution in [0, 0.1) is 0 Å². The van der Waals surface area contributed by atoms with Gasteiger partial charge in [0.25, 0.3) is 0 Å². The second-order valence-corrected chi connectivity index (χ2v) is 4.57. The van der Waals surface area contributed by atoms with Crippen molar-refractivity contribution in [2.45, 2.75) is 25.2 Å². The number of ether oxygens (including phenoxy) is 3. The first kappa shape index (κ1) is 10.9. The monoisotopic (exact) mass is 235 g/mol. The third-order valence-corrected chi connectivity index (χ3v) is 3.16. The van der Waals surface area contributed by atoms with Crippen molar-refractivity contribution >= 4 is 0 Å². The van der Waals surface area contributed by atoms with Gasteiger partial charge in [-0.1, -0.05) is 12.1 Å². The number of epoxide rings is 1. The van der Waals surface area contributed by atoms with E-state index in [0.29, 0.717) is 12.7 Å². The van der Waals surface area contributed by atoms with Crippen LogP contribution in [0.5, 0.6) is 11.5 Å². The highest BCUT2D eigenvalue weighted by atomic mass is 16.6. The van der Waals surface area contributed by atoms with E-state index in [1.807, 2.05) is 24.3 Å². The lowest BCUT2D eigenvalue weighted by Crippen LogP contribution is -2.47. The van der Waals surface area contributed by atoms with E-state index < -0.39 is 0 Å². The predicted octanol–water partition coefficient (Wildman–Crippen LogP) is 1.20. The maximum Gasteiger partial charge on any atom is 0.161 e. The van der Waals surface area contributed by atoms with Crippen molar-refractivity contribution in [1.29, 1.82) is 0 Å². The van der Waals surface area contributed by atoms with Gasteiger partial charge < -0.3 is 19.5 Å². The number of hydrogen-bond acceptors (Lipinski definition) is 4. The Morgan fingerprint density at radius 2 is 2.06 bits per heavy atom. The molecule has 92 valence electrons. The maximum absolute atomic E-state index is 5.92. The lowest BCUT2D eigenvalue weighted by Gasteiger charge is -2.30. The zero-order valence-electron chi connectivity index (χ0n) is 9.89. The molecule has 0 radical (unpaired) electrons. The molecule has 0 saturated carbocycles. The van der Waals surface area contributed by atoms with Gasteiger partial charge in [0.2, 0.25) is 0 Å². The van der Waals surface area contributed by atoms with E-state index in [4.69, 9.17) is 14.2 Å². The molecule has 0 aliphatic carbocycles. The molecule has 1 aromatic carbocycles. The Hall–Kier alpha value is -1.26. The lowest BCUT2D eigenvalue weighted by atomic mass is 10.1. The Bertz CT molecular complexity index is 392. The first-order chi connectivity index (χ1) is 8.33. The van der Waals surface area contributed by atoms with Crippen molar-refractivity contribution in [3.05, 3.63) is 24.3 Å². The van der Waals surface area contributed by atoms with E-state index in [2.05, 4.69) is 12.2 Å². The van der Waals surface area contributed by atoms with Crippen LogP contribution in [0.1, 0.15) is 6.92 Å². The first-order valence-electron chi connectivity index (χ1n) is 6.06. The standard InChI is InChI=1S/C13H17NO3/c1-9(14-6-10-7-15-10)13-8-16-11-4-2-3-5-12(11)17-13/h2-5,9-10,13-14H,6-8H2,1H3/t9-,10+,13+/m1/s1. The van der Waals surface area contributed by atoms with Crippen LogP contribution in [0.25, 0.3) is 0 Å². The van der Waals surface area contributed by atoms with Gasteiger partial charge >= 0.3 is 0 Å². The normalized spacial score (nSPS) is 27.6. The molecule has 17 heavy (non-hydrogen) atoms. The van der Waals surface area contributed by atoms with Crippen LogP contribution in [0.4, 0.5) is 0 Å². The average Bonchev–Trinajstić information content (AvgIpc) is 3.19. The second-order valence-electron chi connectivity index (χ2n) is 4.57. The predicted molar refractivity (Wildman–Crippen MR) is 63.6 cm³/mol. The van der Waals surface area contributed by atoms with Crippen molar-refractivity contribution in [2.24, 2.45) is 0 Å². The summed E-state index contributed by atoms with van der Waals surface area (Å²) >= 11 is 0. The molecule has 4 nitrogen and oxygen atoms in total. The second kappa shape index (κ2) is 4.55. The van der Waals surface area contributed by atoms with Gasteiger partial charge in [0, 0.05) is 12.6 Å². The molecule has 3 rings (SSSR count). The molecule has 4 heteroatoms. The zero-order valence-corrected chi connectivity index (χ0v) is 9.89. The van der Waals surface area contributed by atoms with Gasteiger partial charge in [0.1, 0.15) is 12.7 Å². The van der Waals surface area contributed by atoms with Gasteiger partial charge in [0.05, 0.1) is 12.7 Å². The molecule has 3 atom stereocenters. The van der Waals surface area contributed by atoms with Crippen molar-refractivity contribution in [2.75, 3.05) is 19.8 Å². The summed E-state index contributed by atoms with van der Waals surface area (Å²) in [6.45, 7) is 4.48. The molecular formula is C13H17NO3. The van der Waals surface area contributed by atoms with E-state index in [1.54, 1.807) is 0 Å². The number of rotatable bonds is 4. The zero-order chi connectivity index (χ0) is 11.7. The fourth-order valence-corrected chi connectivity index (χ4v) is 1.92. The minimum absolute atomic E-state index is 0.0589. The van der Waals surface area contributed by atoms with E-state index >= 15 is 0 Å². The lowest BCUT2D eigenvalue weighted by molar-refractivity contribution is 0.0663. The van der Waals surface area contributed by atoms with Crippen LogP contribution < -0.4 is 14.8 Å². The van der Waals surface area contributed by atoms with Gasteiger partial charge in [-0.15, -0.1) is 0 Å². The Morgan fingerprint density at radius 1 is 1.29 bits per heavy atom. The van der Waals surface area contributed by atoms with Gasteiger partial charge in [0.15, 0.2) is 11.5 Å². The number of hydrogen-bond donors (Lipinski definition) is 1. The Balaban J connectivity index is 1.58. The van der Waals surface area contributed by atoms with Gasteiger partial charge in [-0.05, 0) is 19.1 Å². The Kier molecular flexibility index (Phi) is 2.91. The van der Waals surface area contributed by atoms with Crippen LogP contribution in [0.3, 0.4) is 0 Å². The van der Waals surface area contributed by atoms with Crippen molar-refractivity contribution in [3.8, 4) is 11.5 Å². The summed E-state index contributed by atoms with van der Waals surface area (Å²) in [6.07, 6.45) is 0.456. The molecule has 2 heterocycles. The van der Waals surface area contributed by atoms with Crippen LogP contribution in [0.2, 0.25) is 0 Å². The summed E-state index contributed by atoms with van der Waals surface area (Å²) in [6, 6.07) is 8.04. The highest BCUT2D eigenvalue weighted by Gasteiger charge is 2.28. The highest BCUT2D eigenvalue weighted by molar-refractivity contribution is 5.40. The molecule has 0 unspecified atom stereocenters. The van der Waals surface area contributed by atoms with Crippen LogP contribution in [0.15, 0.2) is 24.3 Å². The maximum atomic E-state index is 5.92. The van der Waals surface area contributed by atoms with Crippen molar-refractivity contribution < 1.29 is 14.2 Å². The van der Waals surface area contributed by atoms with Crippen molar-refractivity contribution in [1.82, 2.24) is 5.32 Å². The molecule has 1 N–H and O–H groups in total. The molecule has 1 fully saturated rings. The Morgan fingerprint density at radius 3 is 2.82 bits per heavy atom. The molecule has 0 spiro atoms. The number of nitrogens with one attached hydrogen (secondary N) is 1. The molecule has 1 saturated heterocycles. The quantitative estimate of drug-likeness (QED) is 0.796. The highest BCUT2D eigenvalue weighted by Crippen LogP contribution is 2.31. The van der Waals surface area contributed by atoms with Crippen LogP contribution in [-0.2, 0) is 4.74 Å². The fraction of sp³-hybridized carbons (Fsp3) is 0.538. The third kappa shape index (κ3) is 2.53. The SMILES string of the molecule is C[C@@H](NC[C@H]1CO1)[C@@H]1COc2ccccc2O1. The van der Waals surface area contributed by atoms with Gasteiger partial charge in [-0.2, -0.15) is 0 Å². The van der Waals surface area contributed by atoms with E-state index in [1.165, 1.54) is 0 Å². The minimum Gasteiger partial charge on any atom is -0.486 e. The van der Waals surface area contributed by atoms with E-state index in [9.17, 15) is 0 Å². The molecule has 0 amide bonds. The van der Waals surface area contributed by atoms with Gasteiger partial charge in [-0.25, -0.2) is 0 Å². The summed E-state index contributed by atoms with van der Waals surface area (Å²) in [5.74, 6) is 1.67. The molecule has 2 aliphatic rings. The Labute approximate surface area is 101 Å². The number of fused-ring (bicyclic) bond motifs is 1. The van der Waals surface area contributed by atoms with E-state index in [-0.39, 0.29) is 12.1 Å². The molecule has 2 aliphatic heterocycles. The summed E-state index contributed by atoms with van der Waals surface area (Å²) < 4.78 is 16.8. The smallest absolute Gasteiger partial charge is 0.161 e. The van der Waals surface area contributed by atoms with E-state index in [0.717, 1.165) is 24.7 Å². The fourth-order valence-electron chi connectivity index (χ4n) is 1.92. The van der Waals surface area contributed by atoms with Crippen molar-refractivity contribution in [3.63, 3.8) is 0 Å². The van der Waals surface area contributed by atoms with Gasteiger partial charge in [-0.3, -0.25) is 0 Å². The van der Waals surface area contributed by atoms with Crippen LogP contribution >= 0.6 is 0 Å². The third-order valence-electron chi connectivity index (χ3n) is 3.16. The minimum atomic E-state index is 0.0589. The van der Waals surface area contributed by atoms with Crippen LogP contribution in [-0.4, -0.2) is 38.0 Å². The number of para-hydroxylation sites is 2. The number of benzene rings is 1. The summed E-state index contributed by atoms with van der Waals surface area (Å²) in [4.78, 5) is 0. The summed E-state index contributed by atoms with van der Waals surface area (Å²) in [5, 5.41) is 3.42. The molecule has 0 bridgehead atoms. The summed E-state index contributed by atoms with van der Waals surface area (Å²) in [5.41, 5.74) is 0. The molecule has 1 aromatic rings. The summed E-state index contributed by atoms with van der Waals surface area (Å²) in [7, 11) is 0. The molecule has 0 aromatic heterocycles. The first-order valence-corrected chi connectivity index (χ1v) is 6.06. The topological polar surface area (TPSA) is 43.0 Å². The largest absolute Gasteiger partial charge is 0.486 e. The molecular weight excluding hydrogens is 218 g/mol.